The number of halogens is 3. The molecule has 0 bridgehead atoms. The van der Waals surface area contributed by atoms with Crippen molar-refractivity contribution in [3.05, 3.63) is 57.5 Å². The number of guanidine groups is 1. The molecule has 0 saturated heterocycles. The third-order valence-corrected chi connectivity index (χ3v) is 4.63. The number of hydrogen-bond acceptors (Lipinski definition) is 3. The third-order valence-electron chi connectivity index (χ3n) is 3.34. The molecular formula is C16H13Cl3N4S. The molecule has 0 saturated carbocycles. The second-order valence-electron chi connectivity index (χ2n) is 5.05. The van der Waals surface area contributed by atoms with Crippen LogP contribution in [0.3, 0.4) is 0 Å². The van der Waals surface area contributed by atoms with Crippen molar-refractivity contribution in [1.29, 1.82) is 0 Å². The van der Waals surface area contributed by atoms with E-state index in [-0.39, 0.29) is 0 Å². The number of thiocarbonyl (C=S) groups is 1. The molecule has 24 heavy (non-hydrogen) atoms. The van der Waals surface area contributed by atoms with Crippen LogP contribution in [-0.2, 0) is 0 Å². The normalized spacial score (nSPS) is 13.6. The van der Waals surface area contributed by atoms with Crippen molar-refractivity contribution in [3.63, 3.8) is 0 Å². The number of hydrogen-bond donors (Lipinski definition) is 2. The zero-order valence-electron chi connectivity index (χ0n) is 12.4. The zero-order chi connectivity index (χ0) is 17.1. The van der Waals surface area contributed by atoms with Crippen LogP contribution in [0.2, 0.25) is 15.1 Å². The van der Waals surface area contributed by atoms with Crippen LogP contribution in [0.5, 0.6) is 0 Å². The standard InChI is InChI=1S/C16H13Cl3N4S/c17-10-2-1-3-11(8-10)21-15-20-6-7-23(15)16(24)22-12-4-5-13(18)14(19)9-12/h1-5,8-9H,6-7H2,(H,20,21)(H,22,24). The molecule has 3 rings (SSSR count). The van der Waals surface area contributed by atoms with Crippen molar-refractivity contribution in [2.45, 2.75) is 0 Å². The molecule has 0 aromatic heterocycles. The Hall–Kier alpha value is -1.53. The van der Waals surface area contributed by atoms with Crippen LogP contribution in [0.25, 0.3) is 0 Å². The lowest BCUT2D eigenvalue weighted by molar-refractivity contribution is 0.674. The van der Waals surface area contributed by atoms with E-state index in [9.17, 15) is 0 Å². The van der Waals surface area contributed by atoms with Gasteiger partial charge in [-0.15, -0.1) is 0 Å². The summed E-state index contributed by atoms with van der Waals surface area (Å²) >= 11 is 23.5. The smallest absolute Gasteiger partial charge is 0.204 e. The first kappa shape index (κ1) is 17.3. The zero-order valence-corrected chi connectivity index (χ0v) is 15.5. The monoisotopic (exact) mass is 398 g/mol. The molecule has 0 radical (unpaired) electrons. The van der Waals surface area contributed by atoms with E-state index in [1.165, 1.54) is 0 Å². The molecule has 1 aliphatic heterocycles. The van der Waals surface area contributed by atoms with E-state index in [2.05, 4.69) is 15.6 Å². The van der Waals surface area contributed by atoms with Gasteiger partial charge in [-0.05, 0) is 48.6 Å². The molecule has 0 spiro atoms. The maximum Gasteiger partial charge on any atom is 0.204 e. The molecule has 124 valence electrons. The predicted octanol–water partition coefficient (Wildman–Crippen LogP) is 5.13. The Morgan fingerprint density at radius 3 is 2.62 bits per heavy atom. The summed E-state index contributed by atoms with van der Waals surface area (Å²) in [6.07, 6.45) is 0. The number of rotatable bonds is 2. The van der Waals surface area contributed by atoms with E-state index in [0.717, 1.165) is 11.4 Å². The van der Waals surface area contributed by atoms with Crippen LogP contribution in [0.4, 0.5) is 11.4 Å². The van der Waals surface area contributed by atoms with E-state index in [1.807, 2.05) is 35.2 Å². The van der Waals surface area contributed by atoms with Crippen molar-refractivity contribution >= 4 is 69.5 Å². The van der Waals surface area contributed by atoms with Gasteiger partial charge in [0.25, 0.3) is 0 Å². The highest BCUT2D eigenvalue weighted by Crippen LogP contribution is 2.25. The molecule has 0 fully saturated rings. The Balaban J connectivity index is 1.70. The van der Waals surface area contributed by atoms with Gasteiger partial charge < -0.3 is 10.6 Å². The van der Waals surface area contributed by atoms with Crippen molar-refractivity contribution in [3.8, 4) is 0 Å². The maximum atomic E-state index is 6.03. The molecule has 0 unspecified atom stereocenters. The Morgan fingerprint density at radius 1 is 1.04 bits per heavy atom. The molecule has 0 atom stereocenters. The third kappa shape index (κ3) is 4.11. The van der Waals surface area contributed by atoms with Crippen molar-refractivity contribution < 1.29 is 0 Å². The second kappa shape index (κ2) is 7.57. The topological polar surface area (TPSA) is 39.7 Å². The largest absolute Gasteiger partial charge is 0.332 e. The second-order valence-corrected chi connectivity index (χ2v) is 6.69. The molecular weight excluding hydrogens is 387 g/mol. The summed E-state index contributed by atoms with van der Waals surface area (Å²) in [6, 6.07) is 12.7. The van der Waals surface area contributed by atoms with Crippen LogP contribution in [-0.4, -0.2) is 29.1 Å². The van der Waals surface area contributed by atoms with E-state index in [0.29, 0.717) is 39.2 Å². The minimum atomic E-state index is 0.469. The van der Waals surface area contributed by atoms with Gasteiger partial charge in [0.2, 0.25) is 5.96 Å². The van der Waals surface area contributed by atoms with Gasteiger partial charge in [-0.1, -0.05) is 40.9 Å². The summed E-state index contributed by atoms with van der Waals surface area (Å²) in [7, 11) is 0. The molecule has 2 N–H and O–H groups in total. The van der Waals surface area contributed by atoms with E-state index < -0.39 is 0 Å². The summed E-state index contributed by atoms with van der Waals surface area (Å²) in [5, 5.41) is 8.53. The minimum absolute atomic E-state index is 0.469. The van der Waals surface area contributed by atoms with Crippen molar-refractivity contribution in [2.75, 3.05) is 23.7 Å². The van der Waals surface area contributed by atoms with Gasteiger partial charge in [-0.25, -0.2) is 0 Å². The van der Waals surface area contributed by atoms with Gasteiger partial charge in [0.15, 0.2) is 5.11 Å². The Morgan fingerprint density at radius 2 is 1.88 bits per heavy atom. The first-order chi connectivity index (χ1) is 11.5. The summed E-state index contributed by atoms with van der Waals surface area (Å²) in [6.45, 7) is 1.35. The number of aliphatic imine (C=N–C) groups is 1. The summed E-state index contributed by atoms with van der Waals surface area (Å²) in [5.41, 5.74) is 1.62. The van der Waals surface area contributed by atoms with Gasteiger partial charge in [-0.3, -0.25) is 9.89 Å². The van der Waals surface area contributed by atoms with E-state index >= 15 is 0 Å². The fourth-order valence-electron chi connectivity index (χ4n) is 2.21. The summed E-state index contributed by atoms with van der Waals surface area (Å²) in [5.74, 6) is 0.676. The summed E-state index contributed by atoms with van der Waals surface area (Å²) < 4.78 is 0. The highest BCUT2D eigenvalue weighted by atomic mass is 35.5. The number of nitrogens with zero attached hydrogens (tertiary/aromatic N) is 2. The number of benzene rings is 2. The lowest BCUT2D eigenvalue weighted by Gasteiger charge is -2.22. The molecule has 0 aliphatic carbocycles. The van der Waals surface area contributed by atoms with Crippen molar-refractivity contribution in [1.82, 2.24) is 4.90 Å². The fraction of sp³-hybridized carbons (Fsp3) is 0.125. The first-order valence-electron chi connectivity index (χ1n) is 7.13. The molecule has 4 nitrogen and oxygen atoms in total. The minimum Gasteiger partial charge on any atom is -0.332 e. The Labute approximate surface area is 160 Å². The number of anilines is 2. The van der Waals surface area contributed by atoms with Gasteiger partial charge in [-0.2, -0.15) is 0 Å². The SMILES string of the molecule is S=C(Nc1ccc(Cl)c(Cl)c1)N1CCN=C1Nc1cccc(Cl)c1. The Bertz CT molecular complexity index is 810. The van der Waals surface area contributed by atoms with Crippen molar-refractivity contribution in [2.24, 2.45) is 4.99 Å². The quantitative estimate of drug-likeness (QED) is 0.687. The molecule has 1 aliphatic rings. The lowest BCUT2D eigenvalue weighted by atomic mass is 10.3. The van der Waals surface area contributed by atoms with E-state index in [1.54, 1.807) is 12.1 Å². The fourth-order valence-corrected chi connectivity index (χ4v) is 3.00. The predicted molar refractivity (Wildman–Crippen MR) is 107 cm³/mol. The first-order valence-corrected chi connectivity index (χ1v) is 8.68. The van der Waals surface area contributed by atoms with Crippen LogP contribution < -0.4 is 10.6 Å². The lowest BCUT2D eigenvalue weighted by Crippen LogP contribution is -2.40. The van der Waals surface area contributed by atoms with Gasteiger partial charge in [0.1, 0.15) is 0 Å². The average Bonchev–Trinajstić information content (AvgIpc) is 2.99. The van der Waals surface area contributed by atoms with Gasteiger partial charge in [0, 0.05) is 22.9 Å². The van der Waals surface area contributed by atoms with Gasteiger partial charge in [0.05, 0.1) is 16.6 Å². The van der Waals surface area contributed by atoms with Crippen LogP contribution in [0.15, 0.2) is 47.5 Å². The average molecular weight is 400 g/mol. The highest BCUT2D eigenvalue weighted by Gasteiger charge is 2.21. The van der Waals surface area contributed by atoms with Crippen LogP contribution >= 0.6 is 47.0 Å². The van der Waals surface area contributed by atoms with Crippen LogP contribution in [0.1, 0.15) is 0 Å². The van der Waals surface area contributed by atoms with Crippen LogP contribution in [0, 0.1) is 0 Å². The summed E-state index contributed by atoms with van der Waals surface area (Å²) in [4.78, 5) is 6.34. The van der Waals surface area contributed by atoms with Gasteiger partial charge >= 0.3 is 0 Å². The highest BCUT2D eigenvalue weighted by molar-refractivity contribution is 7.80. The Kier molecular flexibility index (Phi) is 5.46. The number of nitrogens with one attached hydrogen (secondary N) is 2. The molecule has 0 amide bonds. The van der Waals surface area contributed by atoms with E-state index in [4.69, 9.17) is 47.0 Å². The molecule has 2 aromatic rings. The molecule has 1 heterocycles. The maximum absolute atomic E-state index is 6.03. The molecule has 2 aromatic carbocycles. The molecule has 8 heteroatoms.